The van der Waals surface area contributed by atoms with Gasteiger partial charge in [-0.25, -0.2) is 4.98 Å². The van der Waals surface area contributed by atoms with Crippen LogP contribution >= 0.6 is 11.3 Å². The summed E-state index contributed by atoms with van der Waals surface area (Å²) < 4.78 is 0. The molecular formula is C11H17N3OS. The van der Waals surface area contributed by atoms with Crippen LogP contribution in [0.3, 0.4) is 0 Å². The predicted octanol–water partition coefficient (Wildman–Crippen LogP) is 0.855. The average molecular weight is 239 g/mol. The first kappa shape index (κ1) is 11.5. The molecule has 5 heteroatoms. The molecule has 0 unspecified atom stereocenters. The topological polar surface area (TPSA) is 68.0 Å². The smallest absolute Gasteiger partial charge is 0.240 e. The van der Waals surface area contributed by atoms with Crippen molar-refractivity contribution in [1.82, 2.24) is 10.3 Å². The van der Waals surface area contributed by atoms with Gasteiger partial charge in [-0.15, -0.1) is 11.3 Å². The van der Waals surface area contributed by atoms with Crippen molar-refractivity contribution in [3.63, 3.8) is 0 Å². The van der Waals surface area contributed by atoms with E-state index < -0.39 is 5.54 Å². The van der Waals surface area contributed by atoms with E-state index in [9.17, 15) is 4.79 Å². The lowest BCUT2D eigenvalue weighted by atomic mass is 10.2. The third kappa shape index (κ3) is 2.59. The van der Waals surface area contributed by atoms with Crippen molar-refractivity contribution in [3.8, 4) is 0 Å². The van der Waals surface area contributed by atoms with E-state index in [1.807, 2.05) is 0 Å². The van der Waals surface area contributed by atoms with Crippen molar-refractivity contribution in [1.29, 1.82) is 0 Å². The van der Waals surface area contributed by atoms with Crippen LogP contribution < -0.4 is 11.1 Å². The summed E-state index contributed by atoms with van der Waals surface area (Å²) in [6, 6.07) is 0. The van der Waals surface area contributed by atoms with Gasteiger partial charge in [0, 0.05) is 18.3 Å². The Labute approximate surface area is 99.3 Å². The number of aryl methyl sites for hydroxylation is 1. The monoisotopic (exact) mass is 239 g/mol. The van der Waals surface area contributed by atoms with E-state index in [0.29, 0.717) is 6.54 Å². The number of aromatic nitrogens is 1. The fourth-order valence-electron chi connectivity index (χ4n) is 1.47. The molecule has 16 heavy (non-hydrogen) atoms. The molecule has 0 spiro atoms. The minimum Gasteiger partial charge on any atom is -0.354 e. The van der Waals surface area contributed by atoms with E-state index >= 15 is 0 Å². The third-order valence-electron chi connectivity index (χ3n) is 2.81. The summed E-state index contributed by atoms with van der Waals surface area (Å²) in [5.41, 5.74) is 6.27. The zero-order chi connectivity index (χ0) is 11.6. The van der Waals surface area contributed by atoms with Crippen LogP contribution in [0.15, 0.2) is 5.38 Å². The first-order chi connectivity index (χ1) is 7.64. The van der Waals surface area contributed by atoms with Crippen LogP contribution in [0.1, 0.15) is 30.5 Å². The Bertz CT molecular complexity index is 384. The van der Waals surface area contributed by atoms with E-state index in [4.69, 9.17) is 5.73 Å². The van der Waals surface area contributed by atoms with E-state index in [-0.39, 0.29) is 5.91 Å². The van der Waals surface area contributed by atoms with Crippen LogP contribution in [0.25, 0.3) is 0 Å². The molecule has 0 aromatic carbocycles. The summed E-state index contributed by atoms with van der Waals surface area (Å²) in [5.74, 6) is -0.0153. The molecular weight excluding hydrogens is 222 g/mol. The fourth-order valence-corrected chi connectivity index (χ4v) is 2.25. The van der Waals surface area contributed by atoms with Gasteiger partial charge in [0.1, 0.15) is 0 Å². The molecule has 1 aliphatic carbocycles. The second kappa shape index (κ2) is 4.51. The molecule has 0 saturated heterocycles. The van der Waals surface area contributed by atoms with Crippen molar-refractivity contribution in [3.05, 3.63) is 16.1 Å². The molecule has 2 rings (SSSR count). The van der Waals surface area contributed by atoms with Crippen LogP contribution in [-0.2, 0) is 17.6 Å². The molecule has 0 aliphatic heterocycles. The molecule has 1 fully saturated rings. The van der Waals surface area contributed by atoms with Crippen molar-refractivity contribution >= 4 is 17.2 Å². The number of thiazole rings is 1. The van der Waals surface area contributed by atoms with E-state index in [1.165, 1.54) is 0 Å². The SMILES string of the molecule is CCc1nc(CCNC(=O)C2(N)CC2)cs1. The quantitative estimate of drug-likeness (QED) is 0.800. The minimum atomic E-state index is -0.559. The molecule has 3 N–H and O–H groups in total. The molecule has 4 nitrogen and oxygen atoms in total. The first-order valence-corrected chi connectivity index (χ1v) is 6.52. The standard InChI is InChI=1S/C11H17N3OS/c1-2-9-14-8(7-16-9)3-6-13-10(15)11(12)4-5-11/h7H,2-6,12H2,1H3,(H,13,15). The van der Waals surface area contributed by atoms with Gasteiger partial charge in [0.25, 0.3) is 0 Å². The molecule has 0 bridgehead atoms. The molecule has 88 valence electrons. The second-order valence-electron chi connectivity index (χ2n) is 4.25. The number of hydrogen-bond acceptors (Lipinski definition) is 4. The number of hydrogen-bond donors (Lipinski definition) is 2. The number of carbonyl (C=O) groups is 1. The Balaban J connectivity index is 1.73. The van der Waals surface area contributed by atoms with Gasteiger partial charge in [-0.2, -0.15) is 0 Å². The summed E-state index contributed by atoms with van der Waals surface area (Å²) in [5, 5.41) is 6.07. The molecule has 1 aliphatic rings. The zero-order valence-electron chi connectivity index (χ0n) is 9.45. The zero-order valence-corrected chi connectivity index (χ0v) is 10.3. The highest BCUT2D eigenvalue weighted by atomic mass is 32.1. The summed E-state index contributed by atoms with van der Waals surface area (Å²) in [6.07, 6.45) is 3.40. The summed E-state index contributed by atoms with van der Waals surface area (Å²) >= 11 is 1.68. The number of amides is 1. The third-order valence-corrected chi connectivity index (χ3v) is 3.85. The summed E-state index contributed by atoms with van der Waals surface area (Å²) in [6.45, 7) is 2.72. The predicted molar refractivity (Wildman–Crippen MR) is 64.4 cm³/mol. The van der Waals surface area contributed by atoms with Crippen LogP contribution in [0.5, 0.6) is 0 Å². The highest BCUT2D eigenvalue weighted by Crippen LogP contribution is 2.31. The van der Waals surface area contributed by atoms with E-state index in [0.717, 1.165) is 36.4 Å². The number of nitrogens with one attached hydrogen (secondary N) is 1. The van der Waals surface area contributed by atoms with Crippen molar-refractivity contribution in [2.45, 2.75) is 38.1 Å². The molecule has 1 aromatic rings. The second-order valence-corrected chi connectivity index (χ2v) is 5.19. The Hall–Kier alpha value is -0.940. The maximum atomic E-state index is 11.5. The van der Waals surface area contributed by atoms with Gasteiger partial charge in [-0.05, 0) is 19.3 Å². The molecule has 1 amide bonds. The van der Waals surface area contributed by atoms with Crippen molar-refractivity contribution < 1.29 is 4.79 Å². The normalized spacial score (nSPS) is 17.1. The van der Waals surface area contributed by atoms with Gasteiger partial charge in [-0.3, -0.25) is 4.79 Å². The first-order valence-electron chi connectivity index (χ1n) is 5.64. The molecule has 0 radical (unpaired) electrons. The van der Waals surface area contributed by atoms with Crippen LogP contribution in [0.4, 0.5) is 0 Å². The Morgan fingerprint density at radius 2 is 2.44 bits per heavy atom. The number of nitrogens with zero attached hydrogens (tertiary/aromatic N) is 1. The maximum absolute atomic E-state index is 11.5. The van der Waals surface area contributed by atoms with Crippen molar-refractivity contribution in [2.24, 2.45) is 5.73 Å². The number of rotatable bonds is 5. The van der Waals surface area contributed by atoms with Gasteiger partial charge in [0.05, 0.1) is 16.2 Å². The lowest BCUT2D eigenvalue weighted by molar-refractivity contribution is -0.123. The number of carbonyl (C=O) groups excluding carboxylic acids is 1. The van der Waals surface area contributed by atoms with Gasteiger partial charge in [-0.1, -0.05) is 6.92 Å². The lowest BCUT2D eigenvalue weighted by Gasteiger charge is -2.08. The minimum absolute atomic E-state index is 0.0153. The van der Waals surface area contributed by atoms with Gasteiger partial charge >= 0.3 is 0 Å². The Morgan fingerprint density at radius 3 is 3.00 bits per heavy atom. The molecule has 0 atom stereocenters. The highest BCUT2D eigenvalue weighted by molar-refractivity contribution is 7.09. The van der Waals surface area contributed by atoms with Gasteiger partial charge in [0.15, 0.2) is 0 Å². The summed E-state index contributed by atoms with van der Waals surface area (Å²) in [7, 11) is 0. The maximum Gasteiger partial charge on any atom is 0.240 e. The average Bonchev–Trinajstić information content (AvgIpc) is 2.87. The molecule has 1 aromatic heterocycles. The Kier molecular flexibility index (Phi) is 3.25. The van der Waals surface area contributed by atoms with E-state index in [2.05, 4.69) is 22.6 Å². The fraction of sp³-hybridized carbons (Fsp3) is 0.636. The largest absolute Gasteiger partial charge is 0.354 e. The Morgan fingerprint density at radius 1 is 1.69 bits per heavy atom. The highest BCUT2D eigenvalue weighted by Gasteiger charge is 2.45. The van der Waals surface area contributed by atoms with Crippen LogP contribution in [0.2, 0.25) is 0 Å². The summed E-state index contributed by atoms with van der Waals surface area (Å²) in [4.78, 5) is 16.0. The van der Waals surface area contributed by atoms with E-state index in [1.54, 1.807) is 11.3 Å². The van der Waals surface area contributed by atoms with Gasteiger partial charge in [0.2, 0.25) is 5.91 Å². The van der Waals surface area contributed by atoms with Gasteiger partial charge < -0.3 is 11.1 Å². The number of nitrogens with two attached hydrogens (primary N) is 1. The lowest BCUT2D eigenvalue weighted by Crippen LogP contribution is -2.43. The van der Waals surface area contributed by atoms with Crippen LogP contribution in [-0.4, -0.2) is 23.0 Å². The van der Waals surface area contributed by atoms with Crippen LogP contribution in [0, 0.1) is 0 Å². The molecule has 1 heterocycles. The molecule has 1 saturated carbocycles. The van der Waals surface area contributed by atoms with Crippen molar-refractivity contribution in [2.75, 3.05) is 6.54 Å².